The van der Waals surface area contributed by atoms with Gasteiger partial charge in [0, 0.05) is 0 Å². The van der Waals surface area contributed by atoms with Gasteiger partial charge < -0.3 is 25.8 Å². The van der Waals surface area contributed by atoms with Crippen LogP contribution in [0.25, 0.3) is 0 Å². The molecule has 116 valence electrons. The highest BCUT2D eigenvalue weighted by Gasteiger charge is 2.38. The third-order valence-corrected chi connectivity index (χ3v) is 3.11. The van der Waals surface area contributed by atoms with E-state index >= 15 is 0 Å². The van der Waals surface area contributed by atoms with Gasteiger partial charge in [0.1, 0.15) is 23.6 Å². The van der Waals surface area contributed by atoms with Gasteiger partial charge in [-0.3, -0.25) is 9.59 Å². The summed E-state index contributed by atoms with van der Waals surface area (Å²) < 4.78 is 18.6. The maximum Gasteiger partial charge on any atom is 0.547 e. The van der Waals surface area contributed by atoms with Crippen molar-refractivity contribution in [3.63, 3.8) is 0 Å². The molecule has 0 saturated carbocycles. The second kappa shape index (κ2) is 6.02. The minimum absolute atomic E-state index is 0.0154. The quantitative estimate of drug-likeness (QED) is 0.408. The number of primary amides is 1. The molecule has 1 aromatic carbocycles. The first-order valence-electron chi connectivity index (χ1n) is 6.26. The van der Waals surface area contributed by atoms with E-state index in [0.717, 1.165) is 6.07 Å². The van der Waals surface area contributed by atoms with Crippen molar-refractivity contribution in [2.75, 3.05) is 0 Å². The summed E-state index contributed by atoms with van der Waals surface area (Å²) in [4.78, 5) is 33.2. The summed E-state index contributed by atoms with van der Waals surface area (Å²) in [6, 6.07) is 2.27. The van der Waals surface area contributed by atoms with Crippen molar-refractivity contribution >= 4 is 24.9 Å². The molecule has 0 fully saturated rings. The van der Waals surface area contributed by atoms with Gasteiger partial charge >= 0.3 is 13.1 Å². The van der Waals surface area contributed by atoms with E-state index in [9.17, 15) is 23.8 Å². The lowest BCUT2D eigenvalue weighted by atomic mass is 9.72. The lowest BCUT2D eigenvalue weighted by Gasteiger charge is -2.28. The Kier molecular flexibility index (Phi) is 4.31. The molecule has 0 spiro atoms. The Hall–Kier alpha value is -2.62. The fraction of sp³-hybridized carbons (Fsp3) is 0.250. The summed E-state index contributed by atoms with van der Waals surface area (Å²) in [6.07, 6.45) is -0.540. The third kappa shape index (κ3) is 3.17. The molecule has 22 heavy (non-hydrogen) atoms. The van der Waals surface area contributed by atoms with E-state index in [2.05, 4.69) is 5.32 Å². The number of aromatic carboxylic acids is 1. The lowest BCUT2D eigenvalue weighted by Crippen LogP contribution is -2.53. The van der Waals surface area contributed by atoms with Crippen LogP contribution in [-0.2, 0) is 16.0 Å². The van der Waals surface area contributed by atoms with E-state index in [0.29, 0.717) is 5.56 Å². The molecule has 1 aliphatic rings. The molecule has 0 radical (unpaired) electrons. The summed E-state index contributed by atoms with van der Waals surface area (Å²) in [7, 11) is -1.58. The maximum absolute atomic E-state index is 13.5. The van der Waals surface area contributed by atoms with E-state index in [4.69, 9.17) is 15.5 Å². The summed E-state index contributed by atoms with van der Waals surface area (Å²) in [5, 5.41) is 21.2. The van der Waals surface area contributed by atoms with Gasteiger partial charge in [-0.1, -0.05) is 6.07 Å². The SMILES string of the molecule is NC(=O)CC(=O)N[C@H]1Cc2ccc(F)c(C(=O)O)c2OB1O. The van der Waals surface area contributed by atoms with E-state index in [-0.39, 0.29) is 12.2 Å². The highest BCUT2D eigenvalue weighted by Crippen LogP contribution is 2.31. The minimum Gasteiger partial charge on any atom is -0.534 e. The molecule has 0 bridgehead atoms. The van der Waals surface area contributed by atoms with Crippen molar-refractivity contribution < 1.29 is 33.6 Å². The van der Waals surface area contributed by atoms with Crippen LogP contribution in [0.5, 0.6) is 5.75 Å². The molecular formula is C12H12BFN2O6. The van der Waals surface area contributed by atoms with Crippen LogP contribution in [0.3, 0.4) is 0 Å². The standard InChI is InChI=1S/C12H12BFN2O6/c14-6-2-1-5-3-7(16-9(18)4-8(15)17)13(21)22-11(5)10(6)12(19)20/h1-2,7,21H,3-4H2,(H2,15,17)(H,16,18)(H,19,20)/t7-/m0/s1. The summed E-state index contributed by atoms with van der Waals surface area (Å²) in [5.41, 5.74) is 4.51. The molecule has 0 saturated heterocycles. The predicted octanol–water partition coefficient (Wildman–Crippen LogP) is -1.16. The van der Waals surface area contributed by atoms with Gasteiger partial charge in [-0.15, -0.1) is 0 Å². The second-order valence-corrected chi connectivity index (χ2v) is 4.75. The van der Waals surface area contributed by atoms with Gasteiger partial charge in [0.25, 0.3) is 0 Å². The van der Waals surface area contributed by atoms with Crippen molar-refractivity contribution in [2.45, 2.75) is 18.8 Å². The van der Waals surface area contributed by atoms with Crippen LogP contribution in [0.2, 0.25) is 0 Å². The number of hydrogen-bond donors (Lipinski definition) is 4. The van der Waals surface area contributed by atoms with Gasteiger partial charge in [-0.05, 0) is 18.1 Å². The zero-order valence-corrected chi connectivity index (χ0v) is 11.2. The fourth-order valence-electron chi connectivity index (χ4n) is 2.18. The van der Waals surface area contributed by atoms with Crippen molar-refractivity contribution in [3.05, 3.63) is 29.1 Å². The van der Waals surface area contributed by atoms with Crippen LogP contribution >= 0.6 is 0 Å². The number of benzene rings is 1. The molecule has 2 amide bonds. The van der Waals surface area contributed by atoms with Crippen molar-refractivity contribution in [3.8, 4) is 5.75 Å². The zero-order valence-electron chi connectivity index (χ0n) is 11.2. The largest absolute Gasteiger partial charge is 0.547 e. The van der Waals surface area contributed by atoms with Gasteiger partial charge in [-0.25, -0.2) is 9.18 Å². The number of amides is 2. The molecule has 0 aromatic heterocycles. The number of carbonyl (C=O) groups excluding carboxylic acids is 2. The molecule has 1 atom stereocenters. The van der Waals surface area contributed by atoms with Gasteiger partial charge in [0.05, 0.1) is 5.94 Å². The van der Waals surface area contributed by atoms with E-state index in [1.54, 1.807) is 0 Å². The minimum atomic E-state index is -1.58. The Morgan fingerprint density at radius 1 is 1.45 bits per heavy atom. The van der Waals surface area contributed by atoms with Gasteiger partial charge in [0.2, 0.25) is 11.8 Å². The normalized spacial score (nSPS) is 16.5. The number of carboxylic acids is 1. The number of hydrogen-bond acceptors (Lipinski definition) is 5. The van der Waals surface area contributed by atoms with Crippen molar-refractivity contribution in [1.29, 1.82) is 0 Å². The van der Waals surface area contributed by atoms with Crippen LogP contribution < -0.4 is 15.7 Å². The first-order valence-corrected chi connectivity index (χ1v) is 6.26. The molecule has 0 aliphatic carbocycles. The summed E-state index contributed by atoms with van der Waals surface area (Å²) >= 11 is 0. The van der Waals surface area contributed by atoms with Crippen LogP contribution in [-0.4, -0.2) is 41.0 Å². The predicted molar refractivity (Wildman–Crippen MR) is 71.4 cm³/mol. The first kappa shape index (κ1) is 15.8. The highest BCUT2D eigenvalue weighted by molar-refractivity contribution is 6.47. The Balaban J connectivity index is 2.24. The fourth-order valence-corrected chi connectivity index (χ4v) is 2.18. The lowest BCUT2D eigenvalue weighted by molar-refractivity contribution is -0.127. The smallest absolute Gasteiger partial charge is 0.534 e. The van der Waals surface area contributed by atoms with E-state index in [1.165, 1.54) is 6.07 Å². The Morgan fingerprint density at radius 2 is 2.14 bits per heavy atom. The first-order chi connectivity index (χ1) is 10.3. The van der Waals surface area contributed by atoms with Crippen LogP contribution in [0.15, 0.2) is 12.1 Å². The summed E-state index contributed by atoms with van der Waals surface area (Å²) in [6.45, 7) is 0. The molecule has 1 heterocycles. The van der Waals surface area contributed by atoms with Gasteiger partial charge in [0.15, 0.2) is 0 Å². The number of fused-ring (bicyclic) bond motifs is 1. The summed E-state index contributed by atoms with van der Waals surface area (Å²) in [5.74, 6) is -5.25. The molecule has 0 unspecified atom stereocenters. The molecule has 2 rings (SSSR count). The third-order valence-electron chi connectivity index (χ3n) is 3.11. The number of carbonyl (C=O) groups is 3. The van der Waals surface area contributed by atoms with E-state index < -0.39 is 48.6 Å². The van der Waals surface area contributed by atoms with Crippen molar-refractivity contribution in [1.82, 2.24) is 5.32 Å². The Labute approximate surface area is 124 Å². The zero-order chi connectivity index (χ0) is 16.4. The molecule has 8 nitrogen and oxygen atoms in total. The van der Waals surface area contributed by atoms with Crippen LogP contribution in [0, 0.1) is 5.82 Å². The van der Waals surface area contributed by atoms with Crippen molar-refractivity contribution in [2.24, 2.45) is 5.73 Å². The number of nitrogens with one attached hydrogen (secondary N) is 1. The number of nitrogens with two attached hydrogens (primary N) is 1. The Bertz CT molecular complexity index is 653. The topological polar surface area (TPSA) is 139 Å². The number of rotatable bonds is 4. The maximum atomic E-state index is 13.5. The highest BCUT2D eigenvalue weighted by atomic mass is 19.1. The molecule has 10 heteroatoms. The van der Waals surface area contributed by atoms with Crippen LogP contribution in [0.4, 0.5) is 4.39 Å². The molecule has 1 aromatic rings. The second-order valence-electron chi connectivity index (χ2n) is 4.75. The molecular weight excluding hydrogens is 298 g/mol. The average molecular weight is 310 g/mol. The van der Waals surface area contributed by atoms with E-state index in [1.807, 2.05) is 0 Å². The monoisotopic (exact) mass is 310 g/mol. The van der Waals surface area contributed by atoms with Crippen LogP contribution in [0.1, 0.15) is 22.3 Å². The average Bonchev–Trinajstić information content (AvgIpc) is 2.38. The Morgan fingerprint density at radius 3 is 2.73 bits per heavy atom. The molecule has 1 aliphatic heterocycles. The van der Waals surface area contributed by atoms with Gasteiger partial charge in [-0.2, -0.15) is 0 Å². The number of carboxylic acid groups (broad SMARTS) is 1. The molecule has 5 N–H and O–H groups in total. The number of halogens is 1.